The SMILES string of the molecule is CC1=[C]([Hf]([Cl])[Cl])C2=CC=C[C](=[Ge]([CH3])[CH3])C(C)C2=C1C1=CC=CC1. The van der Waals surface area contributed by atoms with Crippen LogP contribution in [0.1, 0.15) is 20.3 Å². The van der Waals surface area contributed by atoms with Gasteiger partial charge < -0.3 is 0 Å². The molecule has 1 unspecified atom stereocenters. The Morgan fingerprint density at radius 3 is 2.48 bits per heavy atom. The van der Waals surface area contributed by atoms with Crippen LogP contribution in [0.3, 0.4) is 0 Å². The molecule has 0 heterocycles. The van der Waals surface area contributed by atoms with E-state index in [9.17, 15) is 0 Å². The van der Waals surface area contributed by atoms with Gasteiger partial charge in [0.05, 0.1) is 0 Å². The molecule has 0 aromatic carbocycles. The predicted molar refractivity (Wildman–Crippen MR) is 102 cm³/mol. The summed E-state index contributed by atoms with van der Waals surface area (Å²) in [7, 11) is 13.1. The third kappa shape index (κ3) is 3.24. The molecule has 0 nitrogen and oxygen atoms in total. The van der Waals surface area contributed by atoms with Crippen molar-refractivity contribution in [1.29, 1.82) is 0 Å². The molecule has 4 heteroatoms. The van der Waals surface area contributed by atoms with E-state index in [1.165, 1.54) is 31.2 Å². The van der Waals surface area contributed by atoms with Gasteiger partial charge in [0, 0.05) is 0 Å². The van der Waals surface area contributed by atoms with Crippen LogP contribution in [0.15, 0.2) is 67.7 Å². The zero-order valence-corrected chi connectivity index (χ0v) is 21.2. The Labute approximate surface area is 158 Å². The molecule has 23 heavy (non-hydrogen) atoms. The van der Waals surface area contributed by atoms with Crippen molar-refractivity contribution in [2.75, 3.05) is 0 Å². The molecule has 0 saturated heterocycles. The van der Waals surface area contributed by atoms with Gasteiger partial charge in [0.2, 0.25) is 0 Å². The van der Waals surface area contributed by atoms with Gasteiger partial charge >= 0.3 is 160 Å². The van der Waals surface area contributed by atoms with Gasteiger partial charge in [0.1, 0.15) is 0 Å². The van der Waals surface area contributed by atoms with E-state index in [2.05, 4.69) is 61.8 Å². The maximum absolute atomic E-state index is 6.57. The van der Waals surface area contributed by atoms with E-state index in [4.69, 9.17) is 17.2 Å². The Kier molecular flexibility index (Phi) is 5.73. The number of hydrogen-bond donors (Lipinski definition) is 0. The van der Waals surface area contributed by atoms with Gasteiger partial charge in [-0.3, -0.25) is 0 Å². The summed E-state index contributed by atoms with van der Waals surface area (Å²) in [5.74, 6) is 5.37. The van der Waals surface area contributed by atoms with Crippen LogP contribution in [0.5, 0.6) is 0 Å². The maximum atomic E-state index is 6.57. The van der Waals surface area contributed by atoms with Crippen LogP contribution in [-0.2, 0) is 19.1 Å². The van der Waals surface area contributed by atoms with Crippen LogP contribution < -0.4 is 0 Å². The molecule has 0 aromatic heterocycles. The third-order valence-electron chi connectivity index (χ3n) is 4.88. The summed E-state index contributed by atoms with van der Waals surface area (Å²) in [4.78, 5) is 0. The number of halogens is 2. The van der Waals surface area contributed by atoms with Gasteiger partial charge in [-0.05, 0) is 0 Å². The van der Waals surface area contributed by atoms with E-state index in [-0.39, 0.29) is 0 Å². The summed E-state index contributed by atoms with van der Waals surface area (Å²) in [6.07, 6.45) is 14.6. The van der Waals surface area contributed by atoms with Crippen LogP contribution in [0, 0.1) is 5.92 Å². The second kappa shape index (κ2) is 7.27. The Morgan fingerprint density at radius 2 is 1.91 bits per heavy atom. The molecule has 0 saturated carbocycles. The van der Waals surface area contributed by atoms with E-state index < -0.39 is 33.0 Å². The second-order valence-electron chi connectivity index (χ2n) is 6.49. The molecule has 0 radical (unpaired) electrons. The molecule has 0 amide bonds. The molecule has 1 atom stereocenters. The predicted octanol–water partition coefficient (Wildman–Crippen LogP) is 6.02. The first-order valence-electron chi connectivity index (χ1n) is 7.99. The summed E-state index contributed by atoms with van der Waals surface area (Å²) in [6, 6.07) is 0. The molecule has 0 aromatic rings. The van der Waals surface area contributed by atoms with Crippen molar-refractivity contribution in [3.63, 3.8) is 0 Å². The summed E-state index contributed by atoms with van der Waals surface area (Å²) in [5, 5.41) is 0. The van der Waals surface area contributed by atoms with Gasteiger partial charge in [0.25, 0.3) is 0 Å². The average Bonchev–Trinajstić information content (AvgIpc) is 3.04. The van der Waals surface area contributed by atoms with E-state index in [0.717, 1.165) is 6.42 Å². The van der Waals surface area contributed by atoms with Crippen LogP contribution in [0.25, 0.3) is 0 Å². The second-order valence-corrected chi connectivity index (χ2v) is 23.3. The summed E-state index contributed by atoms with van der Waals surface area (Å²) in [5.41, 5.74) is 7.05. The Hall–Kier alpha value is 0.303. The topological polar surface area (TPSA) is 0 Å². The Morgan fingerprint density at radius 1 is 1.17 bits per heavy atom. The molecular weight excluding hydrogens is 550 g/mol. The van der Waals surface area contributed by atoms with Crippen molar-refractivity contribution in [2.45, 2.75) is 31.8 Å². The third-order valence-corrected chi connectivity index (χ3v) is 15.3. The number of hydrogen-bond acceptors (Lipinski definition) is 0. The number of allylic oxidation sites excluding steroid dienone is 12. The monoisotopic (exact) mass is 573 g/mol. The van der Waals surface area contributed by atoms with Crippen molar-refractivity contribution in [3.05, 3.63) is 67.7 Å². The van der Waals surface area contributed by atoms with Crippen LogP contribution in [0.4, 0.5) is 0 Å². The molecule has 0 N–H and O–H groups in total. The summed E-state index contributed by atoms with van der Waals surface area (Å²) >= 11 is -3.81. The first kappa shape index (κ1) is 18.1. The molecule has 0 bridgehead atoms. The Balaban J connectivity index is 2.26. The van der Waals surface area contributed by atoms with Crippen LogP contribution in [-0.4, -0.2) is 18.3 Å². The van der Waals surface area contributed by atoms with E-state index in [1.54, 1.807) is 4.35 Å². The van der Waals surface area contributed by atoms with Crippen molar-refractivity contribution in [3.8, 4) is 0 Å². The average molecular weight is 571 g/mol. The molecule has 0 fully saturated rings. The van der Waals surface area contributed by atoms with Crippen molar-refractivity contribution in [1.82, 2.24) is 0 Å². The first-order valence-corrected chi connectivity index (χ1v) is 23.9. The standard InChI is InChI=1S/C19H21Ge.2ClH.Hf/c1-13-12-16-10-7-11-17(20(3)4)14(2)19(16)18(13)15-8-5-6-9-15;;;/h5-8,10-11,14H,9H2,1-4H3;2*1H;/q;;;+2/p-2. The molecule has 119 valence electrons. The van der Waals surface area contributed by atoms with Gasteiger partial charge in [-0.15, -0.1) is 0 Å². The first-order chi connectivity index (χ1) is 10.9. The van der Waals surface area contributed by atoms with Crippen molar-refractivity contribution in [2.24, 2.45) is 5.92 Å². The minimum atomic E-state index is -2.67. The fourth-order valence-corrected chi connectivity index (χ4v) is 13.8. The number of rotatable bonds is 2. The Bertz CT molecular complexity index is 769. The fourth-order valence-electron chi connectivity index (χ4n) is 3.86. The van der Waals surface area contributed by atoms with Gasteiger partial charge in [-0.25, -0.2) is 0 Å². The normalized spacial score (nSPS) is 23.2. The molecule has 3 aliphatic carbocycles. The van der Waals surface area contributed by atoms with Gasteiger partial charge in [-0.1, -0.05) is 0 Å². The van der Waals surface area contributed by atoms with E-state index in [0.29, 0.717) is 5.92 Å². The quantitative estimate of drug-likeness (QED) is 0.356. The molecule has 3 rings (SSSR count). The summed E-state index contributed by atoms with van der Waals surface area (Å²) < 4.78 is 2.96. The van der Waals surface area contributed by atoms with E-state index in [1.807, 2.05) is 0 Å². The summed E-state index contributed by atoms with van der Waals surface area (Å²) in [6.45, 7) is 4.60. The minimum absolute atomic E-state index is 0.479. The zero-order chi connectivity index (χ0) is 16.7. The zero-order valence-electron chi connectivity index (χ0n) is 14.0. The fraction of sp³-hybridized carbons (Fsp3) is 0.316. The van der Waals surface area contributed by atoms with Crippen LogP contribution in [0.2, 0.25) is 11.5 Å². The molecule has 0 aliphatic heterocycles. The number of fused-ring (bicyclic) bond motifs is 1. The van der Waals surface area contributed by atoms with Crippen molar-refractivity contribution >= 4 is 35.4 Å². The van der Waals surface area contributed by atoms with Gasteiger partial charge in [-0.2, -0.15) is 0 Å². The molecular formula is C19H21Cl2GeHf. The van der Waals surface area contributed by atoms with Crippen molar-refractivity contribution < 1.29 is 19.1 Å². The molecule has 0 spiro atoms. The van der Waals surface area contributed by atoms with Crippen LogP contribution >= 0.6 is 17.2 Å². The molecule has 3 aliphatic rings. The van der Waals surface area contributed by atoms with E-state index >= 15 is 0 Å². The van der Waals surface area contributed by atoms with Gasteiger partial charge in [0.15, 0.2) is 0 Å².